The van der Waals surface area contributed by atoms with Crippen molar-refractivity contribution in [3.8, 4) is 0 Å². The van der Waals surface area contributed by atoms with Crippen LogP contribution in [0.25, 0.3) is 0 Å². The van der Waals surface area contributed by atoms with Crippen LogP contribution in [0.3, 0.4) is 0 Å². The minimum Gasteiger partial charge on any atom is -0.407 e. The molecule has 0 saturated carbocycles. The third-order valence-electron chi connectivity index (χ3n) is 3.34. The molecule has 0 amide bonds. The molecule has 1 heterocycles. The molecule has 0 bridgehead atoms. The second-order valence-corrected chi connectivity index (χ2v) is 9.58. The average Bonchev–Trinajstić information content (AvgIpc) is 2.45. The number of rotatable bonds is 4. The summed E-state index contributed by atoms with van der Waals surface area (Å²) < 4.78 is 40.8. The maximum atomic E-state index is 12.2. The standard InChI is InChI=1S/C16H25BO5S/c1-15(2,3)10-22-23(18,19)14-8-6-13(7-9-14)17-20-11-16(4,5)12-21-17/h6-9H,10-12H2,1-5H3. The average molecular weight is 340 g/mol. The van der Waals surface area contributed by atoms with Crippen LogP contribution in [0.1, 0.15) is 34.6 Å². The van der Waals surface area contributed by atoms with Gasteiger partial charge < -0.3 is 9.31 Å². The van der Waals surface area contributed by atoms with E-state index in [0.29, 0.717) is 13.2 Å². The quantitative estimate of drug-likeness (QED) is 0.621. The highest BCUT2D eigenvalue weighted by Crippen LogP contribution is 2.22. The molecular weight excluding hydrogens is 315 g/mol. The predicted octanol–water partition coefficient (Wildman–Crippen LogP) is 2.21. The smallest absolute Gasteiger partial charge is 0.407 e. The second kappa shape index (κ2) is 6.55. The molecule has 0 aliphatic carbocycles. The fraction of sp³-hybridized carbons (Fsp3) is 0.625. The molecule has 1 fully saturated rings. The molecule has 128 valence electrons. The van der Waals surface area contributed by atoms with E-state index in [-0.39, 0.29) is 22.3 Å². The van der Waals surface area contributed by atoms with Crippen molar-refractivity contribution in [3.63, 3.8) is 0 Å². The number of hydrogen-bond acceptors (Lipinski definition) is 5. The summed E-state index contributed by atoms with van der Waals surface area (Å²) in [6.07, 6.45) is 0. The highest BCUT2D eigenvalue weighted by Gasteiger charge is 2.33. The van der Waals surface area contributed by atoms with Crippen LogP contribution in [-0.4, -0.2) is 35.4 Å². The molecule has 0 radical (unpaired) electrons. The van der Waals surface area contributed by atoms with Crippen LogP contribution in [0.15, 0.2) is 29.2 Å². The molecule has 1 aromatic rings. The molecule has 5 nitrogen and oxygen atoms in total. The van der Waals surface area contributed by atoms with Gasteiger partial charge in [0.05, 0.1) is 11.5 Å². The van der Waals surface area contributed by atoms with Gasteiger partial charge in [-0.3, -0.25) is 4.18 Å². The highest BCUT2D eigenvalue weighted by atomic mass is 32.2. The van der Waals surface area contributed by atoms with Crippen molar-refractivity contribution in [1.82, 2.24) is 0 Å². The number of benzene rings is 1. The molecule has 1 aromatic carbocycles. The minimum atomic E-state index is -3.74. The van der Waals surface area contributed by atoms with Gasteiger partial charge in [0.15, 0.2) is 0 Å². The van der Waals surface area contributed by atoms with Gasteiger partial charge in [-0.05, 0) is 23.0 Å². The highest BCUT2D eigenvalue weighted by molar-refractivity contribution is 7.86. The zero-order valence-corrected chi connectivity index (χ0v) is 15.3. The van der Waals surface area contributed by atoms with Crippen LogP contribution in [0, 0.1) is 10.8 Å². The van der Waals surface area contributed by atoms with Gasteiger partial charge >= 0.3 is 7.12 Å². The molecule has 1 aliphatic rings. The molecule has 7 heteroatoms. The first-order chi connectivity index (χ1) is 10.5. The second-order valence-electron chi connectivity index (χ2n) is 7.96. The summed E-state index contributed by atoms with van der Waals surface area (Å²) in [7, 11) is -4.19. The number of hydrogen-bond donors (Lipinski definition) is 0. The first-order valence-corrected chi connectivity index (χ1v) is 9.12. The van der Waals surface area contributed by atoms with Crippen molar-refractivity contribution >= 4 is 22.7 Å². The van der Waals surface area contributed by atoms with Crippen molar-refractivity contribution in [1.29, 1.82) is 0 Å². The predicted molar refractivity (Wildman–Crippen MR) is 90.1 cm³/mol. The van der Waals surface area contributed by atoms with Crippen molar-refractivity contribution in [2.24, 2.45) is 10.8 Å². The monoisotopic (exact) mass is 340 g/mol. The molecule has 0 unspecified atom stereocenters. The van der Waals surface area contributed by atoms with E-state index in [1.54, 1.807) is 12.1 Å². The third kappa shape index (κ3) is 5.31. The summed E-state index contributed by atoms with van der Waals surface area (Å²) in [5.74, 6) is 0. The summed E-state index contributed by atoms with van der Waals surface area (Å²) in [5, 5.41) is 0. The Morgan fingerprint density at radius 1 is 1.13 bits per heavy atom. The molecule has 1 saturated heterocycles. The van der Waals surface area contributed by atoms with Crippen LogP contribution in [0.5, 0.6) is 0 Å². The van der Waals surface area contributed by atoms with E-state index in [4.69, 9.17) is 13.5 Å². The Bertz CT molecular complexity index is 621. The summed E-state index contributed by atoms with van der Waals surface area (Å²) in [6.45, 7) is 11.3. The Morgan fingerprint density at radius 3 is 2.13 bits per heavy atom. The van der Waals surface area contributed by atoms with Crippen LogP contribution in [0.4, 0.5) is 0 Å². The Balaban J connectivity index is 2.05. The Labute approximate surface area is 139 Å². The maximum absolute atomic E-state index is 12.2. The fourth-order valence-corrected chi connectivity index (χ4v) is 3.11. The fourth-order valence-electron chi connectivity index (χ4n) is 2.00. The van der Waals surface area contributed by atoms with Gasteiger partial charge in [0, 0.05) is 18.6 Å². The lowest BCUT2D eigenvalue weighted by molar-refractivity contribution is 0.0343. The Morgan fingerprint density at radius 2 is 1.65 bits per heavy atom. The third-order valence-corrected chi connectivity index (χ3v) is 4.62. The van der Waals surface area contributed by atoms with Gasteiger partial charge in [-0.15, -0.1) is 0 Å². The molecule has 1 aliphatic heterocycles. The van der Waals surface area contributed by atoms with E-state index in [1.807, 2.05) is 20.8 Å². The minimum absolute atomic E-state index is 0.000571. The Hall–Kier alpha value is -0.885. The van der Waals surface area contributed by atoms with Crippen LogP contribution < -0.4 is 5.46 Å². The Kier molecular flexibility index (Phi) is 5.26. The van der Waals surface area contributed by atoms with Crippen molar-refractivity contribution in [2.45, 2.75) is 39.5 Å². The maximum Gasteiger partial charge on any atom is 0.493 e. The van der Waals surface area contributed by atoms with E-state index < -0.39 is 17.2 Å². The van der Waals surface area contributed by atoms with Gasteiger partial charge in [0.1, 0.15) is 0 Å². The molecule has 0 aromatic heterocycles. The van der Waals surface area contributed by atoms with Gasteiger partial charge in [-0.2, -0.15) is 8.42 Å². The molecule has 0 atom stereocenters. The zero-order valence-electron chi connectivity index (χ0n) is 14.5. The van der Waals surface area contributed by atoms with Gasteiger partial charge in [0.25, 0.3) is 10.1 Å². The topological polar surface area (TPSA) is 61.8 Å². The largest absolute Gasteiger partial charge is 0.493 e. The lowest BCUT2D eigenvalue weighted by atomic mass is 9.76. The molecular formula is C16H25BO5S. The van der Waals surface area contributed by atoms with Gasteiger partial charge in [-0.25, -0.2) is 0 Å². The van der Waals surface area contributed by atoms with Crippen LogP contribution in [0.2, 0.25) is 0 Å². The van der Waals surface area contributed by atoms with E-state index >= 15 is 0 Å². The van der Waals surface area contributed by atoms with E-state index in [0.717, 1.165) is 5.46 Å². The molecule has 0 N–H and O–H groups in total. The van der Waals surface area contributed by atoms with Crippen molar-refractivity contribution in [3.05, 3.63) is 24.3 Å². The zero-order chi connectivity index (χ0) is 17.3. The summed E-state index contributed by atoms with van der Waals surface area (Å²) in [4.78, 5) is 0.140. The summed E-state index contributed by atoms with van der Waals surface area (Å²) in [6, 6.07) is 6.46. The van der Waals surface area contributed by atoms with Crippen LogP contribution in [-0.2, 0) is 23.6 Å². The van der Waals surface area contributed by atoms with Crippen molar-refractivity contribution in [2.75, 3.05) is 19.8 Å². The van der Waals surface area contributed by atoms with Crippen molar-refractivity contribution < 1.29 is 21.9 Å². The SMILES string of the molecule is CC(C)(C)COS(=O)(=O)c1ccc(B2OCC(C)(C)CO2)cc1. The first-order valence-electron chi connectivity index (χ1n) is 7.71. The van der Waals surface area contributed by atoms with E-state index in [2.05, 4.69) is 13.8 Å². The normalized spacial score (nSPS) is 18.9. The summed E-state index contributed by atoms with van der Waals surface area (Å²) in [5.41, 5.74) is 0.583. The molecule has 23 heavy (non-hydrogen) atoms. The lowest BCUT2D eigenvalue weighted by Gasteiger charge is -2.33. The van der Waals surface area contributed by atoms with Crippen LogP contribution >= 0.6 is 0 Å². The molecule has 0 spiro atoms. The van der Waals surface area contributed by atoms with Gasteiger partial charge in [-0.1, -0.05) is 46.8 Å². The van der Waals surface area contributed by atoms with E-state index in [1.165, 1.54) is 12.1 Å². The lowest BCUT2D eigenvalue weighted by Crippen LogP contribution is -2.47. The first kappa shape index (κ1) is 18.5. The molecule has 2 rings (SSSR count). The van der Waals surface area contributed by atoms with E-state index in [9.17, 15) is 8.42 Å². The summed E-state index contributed by atoms with van der Waals surface area (Å²) >= 11 is 0. The van der Waals surface area contributed by atoms with Gasteiger partial charge in [0.2, 0.25) is 0 Å².